The third-order valence-corrected chi connectivity index (χ3v) is 6.44. The van der Waals surface area contributed by atoms with Crippen molar-refractivity contribution >= 4 is 53.1 Å². The highest BCUT2D eigenvalue weighted by molar-refractivity contribution is 7.26. The van der Waals surface area contributed by atoms with Gasteiger partial charge in [0.15, 0.2) is 0 Å². The standard InChI is InChI=1S/C22H9F3N4S/c1-10-2-4-12-14(6-10)18(28-8-26)20-16(12)17-13-5-3-11(22(23,24)25)7-15(13)19(29-9-27)21(17)30-20/h2-7H,1H3. The van der Waals surface area contributed by atoms with Crippen LogP contribution in [0, 0.1) is 29.8 Å². The summed E-state index contributed by atoms with van der Waals surface area (Å²) in [4.78, 5) is 7.86. The predicted molar refractivity (Wildman–Crippen MR) is 109 cm³/mol. The minimum atomic E-state index is -4.50. The number of hydrogen-bond acceptors (Lipinski definition) is 5. The quantitative estimate of drug-likeness (QED) is 0.319. The zero-order chi connectivity index (χ0) is 21.2. The first kappa shape index (κ1) is 18.3. The molecule has 0 aliphatic heterocycles. The third-order valence-electron chi connectivity index (χ3n) is 5.23. The van der Waals surface area contributed by atoms with Crippen LogP contribution in [0.25, 0.3) is 41.7 Å². The number of aryl methyl sites for hydroxylation is 1. The number of thiophene rings is 1. The first-order valence-corrected chi connectivity index (χ1v) is 9.61. The Hall–Kier alpha value is -3.75. The molecule has 0 aliphatic carbocycles. The molecular weight excluding hydrogens is 409 g/mol. The summed E-state index contributed by atoms with van der Waals surface area (Å²) < 4.78 is 41.2. The van der Waals surface area contributed by atoms with Crippen LogP contribution in [0.5, 0.6) is 0 Å². The lowest BCUT2D eigenvalue weighted by Crippen LogP contribution is -2.05. The number of fused-ring (bicyclic) bond motifs is 7. The zero-order valence-electron chi connectivity index (χ0n) is 15.3. The highest BCUT2D eigenvalue weighted by Gasteiger charge is 2.31. The molecule has 4 aromatic carbocycles. The molecular formula is C22H9F3N4S. The number of halogens is 3. The summed E-state index contributed by atoms with van der Waals surface area (Å²) in [6.07, 6.45) is -0.948. The average molecular weight is 418 g/mol. The van der Waals surface area contributed by atoms with Crippen molar-refractivity contribution in [1.82, 2.24) is 0 Å². The van der Waals surface area contributed by atoms with Crippen molar-refractivity contribution in [3.8, 4) is 12.4 Å². The highest BCUT2D eigenvalue weighted by atomic mass is 32.1. The Labute approximate surface area is 170 Å². The Morgan fingerprint density at radius 3 is 1.87 bits per heavy atom. The topological polar surface area (TPSA) is 72.3 Å². The van der Waals surface area contributed by atoms with Crippen molar-refractivity contribution in [1.29, 1.82) is 10.5 Å². The fraction of sp³-hybridized carbons (Fsp3) is 0.0909. The van der Waals surface area contributed by atoms with E-state index in [9.17, 15) is 18.4 Å². The van der Waals surface area contributed by atoms with Crippen molar-refractivity contribution in [2.24, 2.45) is 9.98 Å². The first-order valence-electron chi connectivity index (χ1n) is 8.79. The maximum absolute atomic E-state index is 13.3. The smallest absolute Gasteiger partial charge is 0.172 e. The Balaban J connectivity index is 2.09. The molecule has 1 aromatic heterocycles. The van der Waals surface area contributed by atoms with Crippen LogP contribution in [-0.4, -0.2) is 0 Å². The minimum absolute atomic E-state index is 0.220. The molecule has 144 valence electrons. The van der Waals surface area contributed by atoms with Gasteiger partial charge in [-0.25, -0.2) is 0 Å². The van der Waals surface area contributed by atoms with Crippen LogP contribution in [0.4, 0.5) is 13.2 Å². The molecule has 0 fully saturated rings. The third kappa shape index (κ3) is 2.38. The molecule has 0 saturated carbocycles. The monoisotopic (exact) mass is 418 g/mol. The van der Waals surface area contributed by atoms with Crippen LogP contribution in [0.15, 0.2) is 46.4 Å². The van der Waals surface area contributed by atoms with Crippen LogP contribution < -0.4 is 10.7 Å². The van der Waals surface area contributed by atoms with Crippen LogP contribution in [0.1, 0.15) is 11.1 Å². The lowest BCUT2D eigenvalue weighted by atomic mass is 10.1. The molecule has 0 N–H and O–H groups in total. The van der Waals surface area contributed by atoms with E-state index in [-0.39, 0.29) is 10.7 Å². The fourth-order valence-corrected chi connectivity index (χ4v) is 5.39. The number of benzene rings is 2. The predicted octanol–water partition coefficient (Wildman–Crippen LogP) is 5.33. The second-order valence-electron chi connectivity index (χ2n) is 6.94. The summed E-state index contributed by atoms with van der Waals surface area (Å²) in [5, 5.41) is 23.2. The van der Waals surface area contributed by atoms with Gasteiger partial charge in [-0.2, -0.15) is 33.7 Å². The summed E-state index contributed by atoms with van der Waals surface area (Å²) >= 11 is 1.29. The van der Waals surface area contributed by atoms with Gasteiger partial charge in [0, 0.05) is 21.5 Å². The number of nitriles is 2. The lowest BCUT2D eigenvalue weighted by molar-refractivity contribution is -0.137. The van der Waals surface area contributed by atoms with E-state index in [1.54, 1.807) is 6.19 Å². The van der Waals surface area contributed by atoms with Gasteiger partial charge >= 0.3 is 6.18 Å². The summed E-state index contributed by atoms with van der Waals surface area (Å²) in [7, 11) is 0. The largest absolute Gasteiger partial charge is 0.416 e. The van der Waals surface area contributed by atoms with E-state index in [4.69, 9.17) is 5.26 Å². The van der Waals surface area contributed by atoms with Crippen LogP contribution in [0.2, 0.25) is 0 Å². The van der Waals surface area contributed by atoms with Gasteiger partial charge in [0.1, 0.15) is 10.7 Å². The second-order valence-corrected chi connectivity index (χ2v) is 7.96. The minimum Gasteiger partial charge on any atom is -0.172 e. The van der Waals surface area contributed by atoms with E-state index < -0.39 is 11.7 Å². The van der Waals surface area contributed by atoms with Gasteiger partial charge in [0.2, 0.25) is 12.4 Å². The van der Waals surface area contributed by atoms with Crippen molar-refractivity contribution in [3.05, 3.63) is 58.2 Å². The van der Waals surface area contributed by atoms with Gasteiger partial charge in [-0.15, -0.1) is 11.3 Å². The van der Waals surface area contributed by atoms with Crippen molar-refractivity contribution < 1.29 is 13.2 Å². The Kier molecular flexibility index (Phi) is 3.73. The van der Waals surface area contributed by atoms with E-state index in [0.29, 0.717) is 15.4 Å². The average Bonchev–Trinajstić information content (AvgIpc) is 3.30. The maximum atomic E-state index is 13.3. The lowest BCUT2D eigenvalue weighted by Gasteiger charge is -2.06. The molecule has 30 heavy (non-hydrogen) atoms. The molecule has 8 heteroatoms. The van der Waals surface area contributed by atoms with Crippen molar-refractivity contribution in [3.63, 3.8) is 0 Å². The Morgan fingerprint density at radius 1 is 0.800 bits per heavy atom. The summed E-state index contributed by atoms with van der Waals surface area (Å²) in [6, 6.07) is 9.32. The molecule has 0 saturated heterocycles. The number of hydrogen-bond donors (Lipinski definition) is 0. The van der Waals surface area contributed by atoms with Crippen LogP contribution in [0.3, 0.4) is 0 Å². The molecule has 0 bridgehead atoms. The molecule has 0 unspecified atom stereocenters. The van der Waals surface area contributed by atoms with E-state index in [1.807, 2.05) is 31.3 Å². The number of rotatable bonds is 0. The van der Waals surface area contributed by atoms with Gasteiger partial charge in [-0.1, -0.05) is 23.8 Å². The van der Waals surface area contributed by atoms with E-state index in [2.05, 4.69) is 9.98 Å². The maximum Gasteiger partial charge on any atom is 0.416 e. The number of nitrogens with zero attached hydrogens (tertiary/aromatic N) is 4. The van der Waals surface area contributed by atoms with Gasteiger partial charge in [0.05, 0.1) is 15.0 Å². The number of alkyl halides is 3. The first-order chi connectivity index (χ1) is 14.3. The van der Waals surface area contributed by atoms with Gasteiger partial charge in [-0.05, 0) is 35.9 Å². The summed E-state index contributed by atoms with van der Waals surface area (Å²) in [6.45, 7) is 1.94. The SMILES string of the molecule is Cc1ccc2c(c1)c(=NC#N)c1sc3c(=NC#N)c4cc(C(F)(F)F)ccc4c3c12. The molecule has 5 rings (SSSR count). The van der Waals surface area contributed by atoms with E-state index >= 15 is 0 Å². The summed E-state index contributed by atoms with van der Waals surface area (Å²) in [5.74, 6) is 0. The molecule has 5 aromatic rings. The van der Waals surface area contributed by atoms with Gasteiger partial charge in [-0.3, -0.25) is 0 Å². The zero-order valence-corrected chi connectivity index (χ0v) is 16.1. The second kappa shape index (κ2) is 6.12. The highest BCUT2D eigenvalue weighted by Crippen LogP contribution is 2.42. The molecule has 0 atom stereocenters. The summed E-state index contributed by atoms with van der Waals surface area (Å²) in [5.41, 5.74) is 0.217. The molecule has 1 heterocycles. The molecule has 0 radical (unpaired) electrons. The van der Waals surface area contributed by atoms with Crippen LogP contribution in [-0.2, 0) is 6.18 Å². The Morgan fingerprint density at radius 2 is 1.33 bits per heavy atom. The van der Waals surface area contributed by atoms with Crippen LogP contribution >= 0.6 is 11.3 Å². The molecule has 0 aliphatic rings. The molecule has 4 nitrogen and oxygen atoms in total. The normalized spacial score (nSPS) is 13.7. The van der Waals surface area contributed by atoms with Crippen molar-refractivity contribution in [2.75, 3.05) is 0 Å². The van der Waals surface area contributed by atoms with E-state index in [1.165, 1.54) is 17.4 Å². The van der Waals surface area contributed by atoms with Gasteiger partial charge < -0.3 is 0 Å². The molecule has 0 spiro atoms. The Bertz CT molecular complexity index is 1720. The van der Waals surface area contributed by atoms with E-state index in [0.717, 1.165) is 43.9 Å². The molecule has 0 amide bonds. The van der Waals surface area contributed by atoms with Crippen molar-refractivity contribution in [2.45, 2.75) is 13.1 Å². The fourth-order valence-electron chi connectivity index (χ4n) is 4.05. The van der Waals surface area contributed by atoms with Gasteiger partial charge in [0.25, 0.3) is 0 Å².